The second-order valence-electron chi connectivity index (χ2n) is 6.73. The molecule has 0 aliphatic carbocycles. The first kappa shape index (κ1) is 18.9. The molecule has 0 bridgehead atoms. The Labute approximate surface area is 159 Å². The Morgan fingerprint density at radius 3 is 2.74 bits per heavy atom. The Bertz CT molecular complexity index is 840. The van der Waals surface area contributed by atoms with Crippen molar-refractivity contribution in [2.45, 2.75) is 45.7 Å². The smallest absolute Gasteiger partial charge is 0.356 e. The van der Waals surface area contributed by atoms with Crippen LogP contribution >= 0.6 is 0 Å². The van der Waals surface area contributed by atoms with Crippen LogP contribution in [0.3, 0.4) is 0 Å². The number of carboxylic acids is 1. The minimum Gasteiger partial charge on any atom is -0.476 e. The lowest BCUT2D eigenvalue weighted by molar-refractivity contribution is -0.131. The van der Waals surface area contributed by atoms with Gasteiger partial charge in [0.25, 0.3) is 0 Å². The SMILES string of the molecule is CC=CCC(=O)N1CCc2c(c(C(=O)O)nn2CCCc2ccccc2)C1. The van der Waals surface area contributed by atoms with Crippen LogP contribution in [0.5, 0.6) is 0 Å². The number of hydrogen-bond donors (Lipinski definition) is 1. The molecule has 0 fully saturated rings. The molecule has 2 aromatic rings. The monoisotopic (exact) mass is 367 g/mol. The molecule has 6 nitrogen and oxygen atoms in total. The van der Waals surface area contributed by atoms with Gasteiger partial charge in [0.15, 0.2) is 5.69 Å². The van der Waals surface area contributed by atoms with Crippen molar-refractivity contribution in [3.63, 3.8) is 0 Å². The van der Waals surface area contributed by atoms with Crippen molar-refractivity contribution < 1.29 is 14.7 Å². The lowest BCUT2D eigenvalue weighted by Gasteiger charge is -2.27. The van der Waals surface area contributed by atoms with E-state index in [0.29, 0.717) is 38.0 Å². The van der Waals surface area contributed by atoms with Crippen molar-refractivity contribution >= 4 is 11.9 Å². The molecule has 1 N–H and O–H groups in total. The van der Waals surface area contributed by atoms with Gasteiger partial charge in [-0.15, -0.1) is 0 Å². The highest BCUT2D eigenvalue weighted by molar-refractivity contribution is 5.88. The molecule has 0 saturated heterocycles. The molecule has 0 radical (unpaired) electrons. The quantitative estimate of drug-likeness (QED) is 0.763. The number of fused-ring (bicyclic) bond motifs is 1. The molecule has 0 spiro atoms. The summed E-state index contributed by atoms with van der Waals surface area (Å²) in [5, 5.41) is 13.9. The van der Waals surface area contributed by atoms with E-state index in [2.05, 4.69) is 17.2 Å². The second-order valence-corrected chi connectivity index (χ2v) is 6.73. The summed E-state index contributed by atoms with van der Waals surface area (Å²) in [5.74, 6) is -1.01. The summed E-state index contributed by atoms with van der Waals surface area (Å²) in [4.78, 5) is 25.7. The average molecular weight is 367 g/mol. The predicted octanol–water partition coefficient (Wildman–Crippen LogP) is 3.07. The number of amides is 1. The summed E-state index contributed by atoms with van der Waals surface area (Å²) >= 11 is 0. The average Bonchev–Trinajstić information content (AvgIpc) is 3.05. The third kappa shape index (κ3) is 4.45. The van der Waals surface area contributed by atoms with Gasteiger partial charge in [0.05, 0.1) is 0 Å². The lowest BCUT2D eigenvalue weighted by Crippen LogP contribution is -2.36. The number of carboxylic acid groups (broad SMARTS) is 1. The minimum atomic E-state index is -1.03. The van der Waals surface area contributed by atoms with Crippen molar-refractivity contribution in [2.24, 2.45) is 0 Å². The molecule has 3 rings (SSSR count). The molecule has 2 heterocycles. The standard InChI is InChI=1S/C21H25N3O3/c1-2-3-11-19(25)23-14-12-18-17(15-23)20(21(26)27)22-24(18)13-7-10-16-8-5-4-6-9-16/h2-6,8-9H,7,10-15H2,1H3,(H,26,27). The van der Waals surface area contributed by atoms with E-state index in [-0.39, 0.29) is 11.6 Å². The summed E-state index contributed by atoms with van der Waals surface area (Å²) in [7, 11) is 0. The molecule has 1 aliphatic rings. The van der Waals surface area contributed by atoms with Gasteiger partial charge in [0.2, 0.25) is 5.91 Å². The van der Waals surface area contributed by atoms with Gasteiger partial charge in [0, 0.05) is 43.7 Å². The van der Waals surface area contributed by atoms with Crippen LogP contribution < -0.4 is 0 Å². The van der Waals surface area contributed by atoms with E-state index < -0.39 is 5.97 Å². The highest BCUT2D eigenvalue weighted by Crippen LogP contribution is 2.24. The molecule has 1 aliphatic heterocycles. The third-order valence-corrected chi connectivity index (χ3v) is 4.90. The molecule has 1 aromatic heterocycles. The Kier molecular flexibility index (Phi) is 6.06. The first-order chi connectivity index (χ1) is 13.1. The zero-order valence-electron chi connectivity index (χ0n) is 15.6. The van der Waals surface area contributed by atoms with Crippen molar-refractivity contribution in [3.05, 3.63) is 65.0 Å². The van der Waals surface area contributed by atoms with Crippen LogP contribution in [-0.2, 0) is 30.7 Å². The number of carbonyl (C=O) groups is 2. The van der Waals surface area contributed by atoms with Gasteiger partial charge >= 0.3 is 5.97 Å². The molecule has 0 unspecified atom stereocenters. The van der Waals surface area contributed by atoms with Gasteiger partial charge in [-0.3, -0.25) is 9.48 Å². The molecule has 1 amide bonds. The van der Waals surface area contributed by atoms with Crippen LogP contribution in [0, 0.1) is 0 Å². The maximum absolute atomic E-state index is 12.3. The fraction of sp³-hybridized carbons (Fsp3) is 0.381. The summed E-state index contributed by atoms with van der Waals surface area (Å²) in [6.45, 7) is 3.49. The lowest BCUT2D eigenvalue weighted by atomic mass is 10.0. The highest BCUT2D eigenvalue weighted by atomic mass is 16.4. The van der Waals surface area contributed by atoms with Gasteiger partial charge in [-0.25, -0.2) is 4.79 Å². The first-order valence-corrected chi connectivity index (χ1v) is 9.35. The van der Waals surface area contributed by atoms with Crippen LogP contribution in [0.4, 0.5) is 0 Å². The molecule has 0 atom stereocenters. The Morgan fingerprint density at radius 2 is 2.04 bits per heavy atom. The van der Waals surface area contributed by atoms with Gasteiger partial charge in [0.1, 0.15) is 0 Å². The van der Waals surface area contributed by atoms with E-state index in [9.17, 15) is 14.7 Å². The number of rotatable bonds is 7. The molecule has 1 aromatic carbocycles. The zero-order chi connectivity index (χ0) is 19.2. The van der Waals surface area contributed by atoms with E-state index >= 15 is 0 Å². The number of aromatic nitrogens is 2. The Hall–Kier alpha value is -2.89. The number of aromatic carboxylic acids is 1. The van der Waals surface area contributed by atoms with Crippen LogP contribution in [-0.4, -0.2) is 38.2 Å². The molecule has 6 heteroatoms. The van der Waals surface area contributed by atoms with Crippen molar-refractivity contribution in [1.82, 2.24) is 14.7 Å². The van der Waals surface area contributed by atoms with Crippen LogP contribution in [0.2, 0.25) is 0 Å². The summed E-state index contributed by atoms with van der Waals surface area (Å²) < 4.78 is 1.83. The molecule has 0 saturated carbocycles. The predicted molar refractivity (Wildman–Crippen MR) is 103 cm³/mol. The summed E-state index contributed by atoms with van der Waals surface area (Å²) in [6, 6.07) is 10.2. The van der Waals surface area contributed by atoms with E-state index in [0.717, 1.165) is 18.5 Å². The van der Waals surface area contributed by atoms with Crippen molar-refractivity contribution in [3.8, 4) is 0 Å². The highest BCUT2D eigenvalue weighted by Gasteiger charge is 2.29. The molecule has 27 heavy (non-hydrogen) atoms. The van der Waals surface area contributed by atoms with Crippen molar-refractivity contribution in [2.75, 3.05) is 6.54 Å². The third-order valence-electron chi connectivity index (χ3n) is 4.90. The topological polar surface area (TPSA) is 75.4 Å². The molecular weight excluding hydrogens is 342 g/mol. The second kappa shape index (κ2) is 8.66. The number of carbonyl (C=O) groups excluding carboxylic acids is 1. The van der Waals surface area contributed by atoms with E-state index in [1.165, 1.54) is 5.56 Å². The first-order valence-electron chi connectivity index (χ1n) is 9.35. The van der Waals surface area contributed by atoms with Gasteiger partial charge in [-0.05, 0) is 25.3 Å². The fourth-order valence-corrected chi connectivity index (χ4v) is 3.49. The minimum absolute atomic E-state index is 0.0203. The van der Waals surface area contributed by atoms with E-state index in [1.54, 1.807) is 4.90 Å². The van der Waals surface area contributed by atoms with Gasteiger partial charge < -0.3 is 10.0 Å². The van der Waals surface area contributed by atoms with Crippen molar-refractivity contribution in [1.29, 1.82) is 0 Å². The Morgan fingerprint density at radius 1 is 1.26 bits per heavy atom. The number of hydrogen-bond acceptors (Lipinski definition) is 3. The number of nitrogens with zero attached hydrogens (tertiary/aromatic N) is 3. The maximum Gasteiger partial charge on any atom is 0.356 e. The summed E-state index contributed by atoms with van der Waals surface area (Å²) in [6.07, 6.45) is 6.47. The molecular formula is C21H25N3O3. The number of benzene rings is 1. The Balaban J connectivity index is 1.72. The summed E-state index contributed by atoms with van der Waals surface area (Å²) in [5.41, 5.74) is 2.98. The maximum atomic E-state index is 12.3. The van der Waals surface area contributed by atoms with Crippen LogP contribution in [0.25, 0.3) is 0 Å². The van der Waals surface area contributed by atoms with Gasteiger partial charge in [-0.1, -0.05) is 42.5 Å². The zero-order valence-corrected chi connectivity index (χ0v) is 15.6. The van der Waals surface area contributed by atoms with Crippen LogP contribution in [0.15, 0.2) is 42.5 Å². The fourth-order valence-electron chi connectivity index (χ4n) is 3.49. The molecule has 142 valence electrons. The number of allylic oxidation sites excluding steroid dienone is 1. The van der Waals surface area contributed by atoms with Crippen LogP contribution in [0.1, 0.15) is 47.1 Å². The number of aryl methyl sites for hydroxylation is 2. The van der Waals surface area contributed by atoms with E-state index in [1.807, 2.05) is 42.0 Å². The largest absolute Gasteiger partial charge is 0.476 e. The van der Waals surface area contributed by atoms with Gasteiger partial charge in [-0.2, -0.15) is 5.10 Å². The normalized spacial score (nSPS) is 13.7. The van der Waals surface area contributed by atoms with E-state index in [4.69, 9.17) is 0 Å².